The van der Waals surface area contributed by atoms with E-state index in [0.29, 0.717) is 33.0 Å². The molecule has 0 spiro atoms. The predicted octanol–water partition coefficient (Wildman–Crippen LogP) is 5.83. The van der Waals surface area contributed by atoms with E-state index in [9.17, 15) is 9.59 Å². The maximum absolute atomic E-state index is 13.9. The number of hydrogen-bond acceptors (Lipinski definition) is 7. The van der Waals surface area contributed by atoms with E-state index in [1.165, 1.54) is 11.3 Å². The number of nitrogens with zero attached hydrogens (tertiary/aromatic N) is 2. The van der Waals surface area contributed by atoms with Crippen LogP contribution in [0.1, 0.15) is 44.9 Å². The first-order chi connectivity index (χ1) is 17.6. The van der Waals surface area contributed by atoms with Gasteiger partial charge in [-0.3, -0.25) is 9.36 Å². The largest absolute Gasteiger partial charge is 0.492 e. The molecule has 1 aliphatic heterocycles. The van der Waals surface area contributed by atoms with Crippen molar-refractivity contribution in [3.63, 3.8) is 0 Å². The molecule has 0 saturated carbocycles. The maximum atomic E-state index is 13.9. The number of thiazole rings is 1. The van der Waals surface area contributed by atoms with Gasteiger partial charge in [0.25, 0.3) is 5.56 Å². The molecule has 0 unspecified atom stereocenters. The van der Waals surface area contributed by atoms with E-state index in [1.54, 1.807) is 37.1 Å². The SMILES string of the molecule is CCOc1c(Br)cc(Br)cc1/C=c1\sc2n(c1=O)[C@H](c1ccc(SC)cc1)C(C(=O)OC(C)C)=C(C)N=2. The Kier molecular flexibility index (Phi) is 8.83. The lowest BCUT2D eigenvalue weighted by Crippen LogP contribution is -2.40. The second kappa shape index (κ2) is 11.7. The van der Waals surface area contributed by atoms with Crippen LogP contribution in [0.2, 0.25) is 0 Å². The molecule has 0 amide bonds. The van der Waals surface area contributed by atoms with Crippen molar-refractivity contribution >= 4 is 67.0 Å². The molecule has 1 aliphatic rings. The molecular weight excluding hydrogens is 640 g/mol. The van der Waals surface area contributed by atoms with E-state index in [1.807, 2.05) is 55.7 Å². The highest BCUT2D eigenvalue weighted by atomic mass is 79.9. The zero-order chi connectivity index (χ0) is 26.9. The summed E-state index contributed by atoms with van der Waals surface area (Å²) in [6.45, 7) is 7.79. The van der Waals surface area contributed by atoms with Crippen LogP contribution in [0.25, 0.3) is 6.08 Å². The van der Waals surface area contributed by atoms with Crippen molar-refractivity contribution in [3.8, 4) is 5.75 Å². The van der Waals surface area contributed by atoms with Crippen LogP contribution in [0.3, 0.4) is 0 Å². The third-order valence-electron chi connectivity index (χ3n) is 5.63. The van der Waals surface area contributed by atoms with Gasteiger partial charge in [-0.05, 0) is 85.8 Å². The number of carbonyl (C=O) groups is 1. The summed E-state index contributed by atoms with van der Waals surface area (Å²) in [7, 11) is 0. The molecule has 4 rings (SSSR count). The first kappa shape index (κ1) is 27.9. The molecule has 0 saturated heterocycles. The molecule has 0 radical (unpaired) electrons. The highest BCUT2D eigenvalue weighted by Gasteiger charge is 2.33. The molecule has 1 aromatic heterocycles. The zero-order valence-corrected chi connectivity index (χ0v) is 25.8. The number of hydrogen-bond donors (Lipinski definition) is 0. The summed E-state index contributed by atoms with van der Waals surface area (Å²) in [6, 6.07) is 11.0. The van der Waals surface area contributed by atoms with E-state index in [2.05, 4.69) is 36.9 Å². The number of fused-ring (bicyclic) bond motifs is 1. The number of ether oxygens (including phenoxy) is 2. The third-order valence-corrected chi connectivity index (χ3v) is 8.40. The lowest BCUT2D eigenvalue weighted by Gasteiger charge is -2.25. The Balaban J connectivity index is 1.96. The molecule has 10 heteroatoms. The number of thioether (sulfide) groups is 1. The van der Waals surface area contributed by atoms with Gasteiger partial charge in [0.15, 0.2) is 4.80 Å². The molecule has 6 nitrogen and oxygen atoms in total. The average Bonchev–Trinajstić information content (AvgIpc) is 3.14. The Labute approximate surface area is 240 Å². The summed E-state index contributed by atoms with van der Waals surface area (Å²) >= 11 is 10.00. The van der Waals surface area contributed by atoms with Crippen molar-refractivity contribution in [2.45, 2.75) is 44.7 Å². The fraction of sp³-hybridized carbons (Fsp3) is 0.296. The minimum Gasteiger partial charge on any atom is -0.492 e. The molecule has 0 N–H and O–H groups in total. The Morgan fingerprint density at radius 2 is 1.95 bits per heavy atom. The highest BCUT2D eigenvalue weighted by Crippen LogP contribution is 2.34. The van der Waals surface area contributed by atoms with Crippen LogP contribution in [-0.4, -0.2) is 29.5 Å². The molecule has 1 atom stereocenters. The smallest absolute Gasteiger partial charge is 0.338 e. The van der Waals surface area contributed by atoms with E-state index in [-0.39, 0.29) is 11.7 Å². The molecule has 0 aliphatic carbocycles. The van der Waals surface area contributed by atoms with Gasteiger partial charge in [0.05, 0.1) is 39.0 Å². The van der Waals surface area contributed by atoms with Crippen LogP contribution in [0.5, 0.6) is 5.75 Å². The van der Waals surface area contributed by atoms with Crippen molar-refractivity contribution in [2.75, 3.05) is 12.9 Å². The lowest BCUT2D eigenvalue weighted by molar-refractivity contribution is -0.143. The molecule has 37 heavy (non-hydrogen) atoms. The fourth-order valence-electron chi connectivity index (χ4n) is 4.09. The van der Waals surface area contributed by atoms with E-state index in [4.69, 9.17) is 9.47 Å². The quantitative estimate of drug-likeness (QED) is 0.235. The number of benzene rings is 2. The highest BCUT2D eigenvalue weighted by molar-refractivity contribution is 9.11. The van der Waals surface area contributed by atoms with E-state index < -0.39 is 12.0 Å². The van der Waals surface area contributed by atoms with Crippen molar-refractivity contribution in [3.05, 3.63) is 87.4 Å². The predicted molar refractivity (Wildman–Crippen MR) is 156 cm³/mol. The van der Waals surface area contributed by atoms with Gasteiger partial charge in [-0.1, -0.05) is 39.4 Å². The normalized spacial score (nSPS) is 15.6. The van der Waals surface area contributed by atoms with Gasteiger partial charge in [-0.25, -0.2) is 9.79 Å². The summed E-state index contributed by atoms with van der Waals surface area (Å²) in [5.74, 6) is 0.178. The summed E-state index contributed by atoms with van der Waals surface area (Å²) in [5, 5.41) is 0. The standard InChI is InChI=1S/C27H26Br2N2O4S2/c1-6-34-24-17(11-18(28)13-20(24)29)12-21-25(32)31-23(16-7-9-19(36-5)10-8-16)22(26(33)35-14(2)3)15(4)30-27(31)37-21/h7-14,23H,6H2,1-5H3/b21-12-/t23-/m1/s1. The van der Waals surface area contributed by atoms with Gasteiger partial charge < -0.3 is 9.47 Å². The van der Waals surface area contributed by atoms with Crippen LogP contribution in [-0.2, 0) is 9.53 Å². The lowest BCUT2D eigenvalue weighted by atomic mass is 9.96. The monoisotopic (exact) mass is 664 g/mol. The number of carbonyl (C=O) groups excluding carboxylic acids is 1. The minimum absolute atomic E-state index is 0.233. The number of allylic oxidation sites excluding steroid dienone is 1. The molecule has 3 aromatic rings. The molecule has 2 heterocycles. The van der Waals surface area contributed by atoms with Gasteiger partial charge in [0.1, 0.15) is 5.75 Å². The van der Waals surface area contributed by atoms with Crippen molar-refractivity contribution in [1.29, 1.82) is 0 Å². The van der Waals surface area contributed by atoms with Crippen LogP contribution in [0.15, 0.2) is 71.3 Å². The number of rotatable bonds is 7. The van der Waals surface area contributed by atoms with Crippen LogP contribution >= 0.6 is 55.0 Å². The number of aromatic nitrogens is 1. The number of esters is 1. The van der Waals surface area contributed by atoms with Gasteiger partial charge >= 0.3 is 5.97 Å². The summed E-state index contributed by atoms with van der Waals surface area (Å²) in [5.41, 5.74) is 2.24. The minimum atomic E-state index is -0.652. The van der Waals surface area contributed by atoms with Gasteiger partial charge in [0, 0.05) is 14.9 Å². The Hall–Kier alpha value is -2.14. The molecule has 2 aromatic carbocycles. The topological polar surface area (TPSA) is 69.9 Å². The first-order valence-electron chi connectivity index (χ1n) is 11.6. The molecular formula is C27H26Br2N2O4S2. The van der Waals surface area contributed by atoms with Crippen LogP contribution in [0.4, 0.5) is 0 Å². The Bertz CT molecular complexity index is 1560. The third kappa shape index (κ3) is 5.82. The zero-order valence-electron chi connectivity index (χ0n) is 21.0. The van der Waals surface area contributed by atoms with Gasteiger partial charge in [0.2, 0.25) is 0 Å². The average molecular weight is 666 g/mol. The van der Waals surface area contributed by atoms with E-state index in [0.717, 1.165) is 25.0 Å². The number of halogens is 2. The summed E-state index contributed by atoms with van der Waals surface area (Å²) in [4.78, 5) is 33.4. The van der Waals surface area contributed by atoms with Gasteiger partial charge in [-0.2, -0.15) is 0 Å². The van der Waals surface area contributed by atoms with Crippen LogP contribution < -0.4 is 19.6 Å². The van der Waals surface area contributed by atoms with Crippen molar-refractivity contribution < 1.29 is 14.3 Å². The molecule has 0 fully saturated rings. The Morgan fingerprint density at radius 3 is 2.57 bits per heavy atom. The summed E-state index contributed by atoms with van der Waals surface area (Å²) < 4.78 is 15.1. The summed E-state index contributed by atoms with van der Waals surface area (Å²) in [6.07, 6.45) is 3.51. The van der Waals surface area contributed by atoms with Crippen molar-refractivity contribution in [1.82, 2.24) is 4.57 Å². The van der Waals surface area contributed by atoms with Crippen LogP contribution in [0, 0.1) is 0 Å². The van der Waals surface area contributed by atoms with E-state index >= 15 is 0 Å². The molecule has 0 bridgehead atoms. The molecule has 194 valence electrons. The first-order valence-corrected chi connectivity index (χ1v) is 15.3. The second-order valence-corrected chi connectivity index (χ2v) is 12.2. The Morgan fingerprint density at radius 1 is 1.24 bits per heavy atom. The van der Waals surface area contributed by atoms with Crippen molar-refractivity contribution in [2.24, 2.45) is 4.99 Å². The fourth-order valence-corrected chi connectivity index (χ4v) is 6.91. The maximum Gasteiger partial charge on any atom is 0.338 e. The van der Waals surface area contributed by atoms with Gasteiger partial charge in [-0.15, -0.1) is 11.8 Å². The second-order valence-electron chi connectivity index (χ2n) is 8.55.